The molecule has 6 nitrogen and oxygen atoms in total. The van der Waals surface area contributed by atoms with Crippen molar-refractivity contribution in [3.05, 3.63) is 21.4 Å². The Hall–Kier alpha value is -1.44. The van der Waals surface area contributed by atoms with Crippen LogP contribution in [-0.4, -0.2) is 67.0 Å². The summed E-state index contributed by atoms with van der Waals surface area (Å²) in [5.41, 5.74) is 0.923. The van der Waals surface area contributed by atoms with Crippen LogP contribution in [0.3, 0.4) is 0 Å². The maximum atomic E-state index is 12.4. The Kier molecular flexibility index (Phi) is 5.03. The minimum absolute atomic E-state index is 0.0107. The summed E-state index contributed by atoms with van der Waals surface area (Å²) in [6, 6.07) is 2.22. The van der Waals surface area contributed by atoms with Crippen LogP contribution in [-0.2, 0) is 21.6 Å². The molecular formula is C20H29N3O3S. The summed E-state index contributed by atoms with van der Waals surface area (Å²) < 4.78 is 6.32. The first-order valence-corrected chi connectivity index (χ1v) is 10.8. The molecule has 0 radical (unpaired) electrons. The highest BCUT2D eigenvalue weighted by atomic mass is 32.1. The average molecular weight is 392 g/mol. The zero-order valence-corrected chi connectivity index (χ0v) is 17.2. The Morgan fingerprint density at radius 3 is 2.70 bits per heavy atom. The molecule has 0 bridgehead atoms. The zero-order chi connectivity index (χ0) is 19.2. The molecule has 0 aromatic carbocycles. The Labute approximate surface area is 164 Å². The first-order chi connectivity index (χ1) is 12.9. The van der Waals surface area contributed by atoms with Gasteiger partial charge in [0.15, 0.2) is 0 Å². The number of rotatable bonds is 3. The summed E-state index contributed by atoms with van der Waals surface area (Å²) in [5.74, 6) is 0.260. The standard InChI is InChI=1S/C20H29N3O3S/c1-13(2)21-18(24)17-12-14-16(27-17)5-11-26-20(14)6-9-23(10-7-20)15-4-8-22(3)19(15)25/h12-13,15H,4-11H2,1-3H3,(H,21,24). The van der Waals surface area contributed by atoms with Gasteiger partial charge in [-0.3, -0.25) is 14.5 Å². The zero-order valence-electron chi connectivity index (χ0n) is 16.4. The molecule has 2 fully saturated rings. The van der Waals surface area contributed by atoms with E-state index in [0.29, 0.717) is 6.61 Å². The van der Waals surface area contributed by atoms with Gasteiger partial charge >= 0.3 is 0 Å². The van der Waals surface area contributed by atoms with E-state index in [1.807, 2.05) is 25.8 Å². The number of nitrogens with one attached hydrogen (secondary N) is 1. The van der Waals surface area contributed by atoms with E-state index in [4.69, 9.17) is 4.74 Å². The number of carbonyl (C=O) groups excluding carboxylic acids is 2. The van der Waals surface area contributed by atoms with Crippen LogP contribution in [0.25, 0.3) is 0 Å². The normalized spacial score (nSPS) is 25.3. The minimum Gasteiger partial charge on any atom is -0.370 e. The second-order valence-electron chi connectivity index (χ2n) is 8.27. The maximum absolute atomic E-state index is 12.4. The Morgan fingerprint density at radius 1 is 1.33 bits per heavy atom. The summed E-state index contributed by atoms with van der Waals surface area (Å²) in [7, 11) is 1.89. The van der Waals surface area contributed by atoms with Crippen molar-refractivity contribution in [1.29, 1.82) is 0 Å². The molecular weight excluding hydrogens is 362 g/mol. The van der Waals surface area contributed by atoms with Gasteiger partial charge in [-0.25, -0.2) is 0 Å². The summed E-state index contributed by atoms with van der Waals surface area (Å²) >= 11 is 1.61. The number of fused-ring (bicyclic) bond motifs is 2. The van der Waals surface area contributed by atoms with E-state index in [0.717, 1.165) is 50.2 Å². The van der Waals surface area contributed by atoms with Crippen molar-refractivity contribution in [1.82, 2.24) is 15.1 Å². The van der Waals surface area contributed by atoms with Crippen LogP contribution in [0.1, 0.15) is 53.2 Å². The highest BCUT2D eigenvalue weighted by molar-refractivity contribution is 7.14. The fourth-order valence-electron chi connectivity index (χ4n) is 4.62. The predicted octanol–water partition coefficient (Wildman–Crippen LogP) is 1.98. The quantitative estimate of drug-likeness (QED) is 0.856. The van der Waals surface area contributed by atoms with Gasteiger partial charge in [0.2, 0.25) is 5.91 Å². The lowest BCUT2D eigenvalue weighted by Gasteiger charge is -2.45. The van der Waals surface area contributed by atoms with Crippen LogP contribution in [0.15, 0.2) is 6.07 Å². The van der Waals surface area contributed by atoms with Crippen LogP contribution >= 0.6 is 11.3 Å². The number of thiophene rings is 1. The Morgan fingerprint density at radius 2 is 2.07 bits per heavy atom. The number of carbonyl (C=O) groups is 2. The molecule has 3 aliphatic rings. The predicted molar refractivity (Wildman–Crippen MR) is 105 cm³/mol. The van der Waals surface area contributed by atoms with Crippen LogP contribution < -0.4 is 5.32 Å². The molecule has 2 saturated heterocycles. The van der Waals surface area contributed by atoms with E-state index in [9.17, 15) is 9.59 Å². The molecule has 7 heteroatoms. The first kappa shape index (κ1) is 18.9. The van der Waals surface area contributed by atoms with Crippen LogP contribution in [0.2, 0.25) is 0 Å². The van der Waals surface area contributed by atoms with Crippen molar-refractivity contribution in [3.8, 4) is 0 Å². The number of ether oxygens (including phenoxy) is 1. The number of piperidine rings is 1. The van der Waals surface area contributed by atoms with Gasteiger partial charge in [-0.15, -0.1) is 11.3 Å². The third kappa shape index (κ3) is 3.41. The lowest BCUT2D eigenvalue weighted by atomic mass is 9.81. The molecule has 1 atom stereocenters. The molecule has 2 amide bonds. The van der Waals surface area contributed by atoms with Gasteiger partial charge < -0.3 is 15.0 Å². The number of hydrogen-bond acceptors (Lipinski definition) is 5. The highest BCUT2D eigenvalue weighted by Crippen LogP contribution is 2.45. The molecule has 1 spiro atoms. The van der Waals surface area contributed by atoms with E-state index in [2.05, 4.69) is 16.3 Å². The van der Waals surface area contributed by atoms with Gasteiger partial charge in [-0.2, -0.15) is 0 Å². The number of likely N-dealkylation sites (N-methyl/N-ethyl adjacent to an activating group) is 1. The second-order valence-corrected chi connectivity index (χ2v) is 9.41. The summed E-state index contributed by atoms with van der Waals surface area (Å²) in [6.07, 6.45) is 3.57. The van der Waals surface area contributed by atoms with Gasteiger partial charge in [0.05, 0.1) is 23.1 Å². The first-order valence-electron chi connectivity index (χ1n) is 9.97. The lowest BCUT2D eigenvalue weighted by molar-refractivity contribution is -0.135. The van der Waals surface area contributed by atoms with Gasteiger partial charge in [0, 0.05) is 44.0 Å². The summed E-state index contributed by atoms with van der Waals surface area (Å²) in [5, 5.41) is 2.99. The Balaban J connectivity index is 1.50. The number of nitrogens with zero attached hydrogens (tertiary/aromatic N) is 2. The van der Waals surface area contributed by atoms with Gasteiger partial charge in [0.1, 0.15) is 0 Å². The van der Waals surface area contributed by atoms with E-state index >= 15 is 0 Å². The largest absolute Gasteiger partial charge is 0.370 e. The fourth-order valence-corrected chi connectivity index (χ4v) is 5.75. The maximum Gasteiger partial charge on any atom is 0.261 e. The van der Waals surface area contributed by atoms with Crippen molar-refractivity contribution >= 4 is 23.2 Å². The van der Waals surface area contributed by atoms with Gasteiger partial charge in [-0.1, -0.05) is 0 Å². The molecule has 148 valence electrons. The molecule has 1 aromatic heterocycles. The van der Waals surface area contributed by atoms with Crippen LogP contribution in [0.4, 0.5) is 0 Å². The molecule has 27 heavy (non-hydrogen) atoms. The SMILES string of the molecule is CC(C)NC(=O)c1cc2c(s1)CCOC21CCN(C2CCN(C)C2=O)CC1. The molecule has 0 saturated carbocycles. The lowest BCUT2D eigenvalue weighted by Crippen LogP contribution is -2.51. The van der Waals surface area contributed by atoms with Crippen molar-refractivity contribution in [2.45, 2.75) is 57.2 Å². The highest BCUT2D eigenvalue weighted by Gasteiger charge is 2.45. The smallest absolute Gasteiger partial charge is 0.261 e. The third-order valence-corrected chi connectivity index (χ3v) is 7.29. The van der Waals surface area contributed by atoms with Crippen LogP contribution in [0.5, 0.6) is 0 Å². The monoisotopic (exact) mass is 391 g/mol. The molecule has 1 N–H and O–H groups in total. The van der Waals surface area contributed by atoms with Crippen molar-refractivity contribution in [2.24, 2.45) is 0 Å². The van der Waals surface area contributed by atoms with E-state index < -0.39 is 0 Å². The molecule has 4 heterocycles. The van der Waals surface area contributed by atoms with Crippen LogP contribution in [0, 0.1) is 0 Å². The van der Waals surface area contributed by atoms with Crippen molar-refractivity contribution < 1.29 is 14.3 Å². The van der Waals surface area contributed by atoms with E-state index in [-0.39, 0.29) is 29.5 Å². The minimum atomic E-state index is -0.287. The van der Waals surface area contributed by atoms with E-state index in [1.165, 1.54) is 10.4 Å². The fraction of sp³-hybridized carbons (Fsp3) is 0.700. The number of likely N-dealkylation sites (tertiary alicyclic amines) is 2. The van der Waals surface area contributed by atoms with Gasteiger partial charge in [0.25, 0.3) is 5.91 Å². The third-order valence-electron chi connectivity index (χ3n) is 6.10. The summed E-state index contributed by atoms with van der Waals surface area (Å²) in [6.45, 7) is 7.26. The second kappa shape index (κ2) is 7.18. The number of hydrogen-bond donors (Lipinski definition) is 1. The molecule has 1 aromatic rings. The van der Waals surface area contributed by atoms with Gasteiger partial charge in [-0.05, 0) is 44.7 Å². The number of amides is 2. The van der Waals surface area contributed by atoms with E-state index in [1.54, 1.807) is 11.3 Å². The van der Waals surface area contributed by atoms with Crippen molar-refractivity contribution in [3.63, 3.8) is 0 Å². The average Bonchev–Trinajstić information content (AvgIpc) is 3.21. The molecule has 4 rings (SSSR count). The topological polar surface area (TPSA) is 61.9 Å². The molecule has 3 aliphatic heterocycles. The Bertz CT molecular complexity index is 737. The summed E-state index contributed by atoms with van der Waals surface area (Å²) in [4.78, 5) is 31.0. The molecule has 1 unspecified atom stereocenters. The van der Waals surface area contributed by atoms with Crippen molar-refractivity contribution in [2.75, 3.05) is 33.3 Å². The molecule has 0 aliphatic carbocycles.